The van der Waals surface area contributed by atoms with Crippen molar-refractivity contribution in [1.82, 2.24) is 5.32 Å². The maximum absolute atomic E-state index is 10.6. The lowest BCUT2D eigenvalue weighted by Crippen LogP contribution is -2.16. The second kappa shape index (κ2) is 14.0. The van der Waals surface area contributed by atoms with Crippen molar-refractivity contribution >= 4 is 19.0 Å². The Balaban J connectivity index is 1.44. The molecular weight excluding hydrogens is 437 g/mol. The fourth-order valence-electron chi connectivity index (χ4n) is 3.81. The summed E-state index contributed by atoms with van der Waals surface area (Å²) in [6.07, 6.45) is 5.00. The van der Waals surface area contributed by atoms with E-state index in [2.05, 4.69) is 41.7 Å². The summed E-state index contributed by atoms with van der Waals surface area (Å²) in [4.78, 5) is 8.69. The predicted molar refractivity (Wildman–Crippen MR) is 133 cm³/mol. The van der Waals surface area contributed by atoms with Gasteiger partial charge in [0, 0.05) is 11.9 Å². The van der Waals surface area contributed by atoms with E-state index in [0.717, 1.165) is 55.7 Å². The summed E-state index contributed by atoms with van der Waals surface area (Å²) in [6.45, 7) is 2.43. The van der Waals surface area contributed by atoms with Crippen LogP contribution in [-0.2, 0) is 22.1 Å². The molecule has 2 N–H and O–H groups in total. The molecule has 6 nitrogen and oxygen atoms in total. The standard InChI is InChI=1S/C26H34NO5P/c1-30-23-11-7-10-21(19-23)9-3-2-6-17-31-26-15-14-22(24-12-4-5-13-25(24)26)20-27-16-8-18-32-33(28)29/h4-5,7,10-15,19,27,33H,2-3,6,8-9,16-18,20H2,1H3,(H,28,29). The van der Waals surface area contributed by atoms with E-state index in [1.165, 1.54) is 16.5 Å². The average molecular weight is 472 g/mol. The molecule has 0 saturated carbocycles. The van der Waals surface area contributed by atoms with Crippen LogP contribution in [0.15, 0.2) is 60.7 Å². The highest BCUT2D eigenvalue weighted by molar-refractivity contribution is 7.32. The van der Waals surface area contributed by atoms with Gasteiger partial charge in [-0.15, -0.1) is 0 Å². The Kier molecular flexibility index (Phi) is 10.7. The molecule has 0 spiro atoms. The summed E-state index contributed by atoms with van der Waals surface area (Å²) in [5.41, 5.74) is 2.51. The van der Waals surface area contributed by atoms with Crippen LogP contribution in [0.4, 0.5) is 0 Å². The van der Waals surface area contributed by atoms with Gasteiger partial charge in [0.05, 0.1) is 20.3 Å². The normalized spacial score (nSPS) is 12.1. The molecule has 0 aliphatic heterocycles. The summed E-state index contributed by atoms with van der Waals surface area (Å²) in [6, 6.07) is 20.7. The van der Waals surface area contributed by atoms with Crippen molar-refractivity contribution in [2.45, 2.75) is 38.6 Å². The molecule has 0 bridgehead atoms. The highest BCUT2D eigenvalue weighted by atomic mass is 31.1. The zero-order chi connectivity index (χ0) is 23.3. The lowest BCUT2D eigenvalue weighted by Gasteiger charge is -2.13. The molecule has 7 heteroatoms. The van der Waals surface area contributed by atoms with Crippen molar-refractivity contribution in [1.29, 1.82) is 0 Å². The maximum atomic E-state index is 10.6. The fourth-order valence-corrected chi connectivity index (χ4v) is 4.13. The Hall–Kier alpha value is -2.37. The van der Waals surface area contributed by atoms with E-state index in [1.807, 2.05) is 24.3 Å². The number of benzene rings is 3. The summed E-state index contributed by atoms with van der Waals surface area (Å²) >= 11 is 0. The minimum Gasteiger partial charge on any atom is -0.497 e. The Bertz CT molecular complexity index is 1030. The van der Waals surface area contributed by atoms with Crippen LogP contribution < -0.4 is 14.8 Å². The van der Waals surface area contributed by atoms with E-state index >= 15 is 0 Å². The molecule has 0 heterocycles. The number of rotatable bonds is 15. The fraction of sp³-hybridized carbons (Fsp3) is 0.385. The molecule has 3 rings (SSSR count). The largest absolute Gasteiger partial charge is 0.497 e. The number of aryl methyl sites for hydroxylation is 1. The second-order valence-electron chi connectivity index (χ2n) is 7.92. The third-order valence-electron chi connectivity index (χ3n) is 5.51. The van der Waals surface area contributed by atoms with E-state index in [1.54, 1.807) is 7.11 Å². The van der Waals surface area contributed by atoms with Crippen LogP contribution in [0.25, 0.3) is 10.8 Å². The van der Waals surface area contributed by atoms with E-state index in [-0.39, 0.29) is 6.61 Å². The van der Waals surface area contributed by atoms with Crippen molar-refractivity contribution in [3.63, 3.8) is 0 Å². The molecular formula is C26H34NO5P. The summed E-state index contributed by atoms with van der Waals surface area (Å²) in [5, 5.41) is 5.67. The smallest absolute Gasteiger partial charge is 0.316 e. The number of methoxy groups -OCH3 is 1. The van der Waals surface area contributed by atoms with Crippen LogP contribution in [0.1, 0.15) is 36.8 Å². The molecule has 0 aromatic heterocycles. The number of hydrogen-bond donors (Lipinski definition) is 2. The van der Waals surface area contributed by atoms with Crippen molar-refractivity contribution < 1.29 is 23.5 Å². The van der Waals surface area contributed by atoms with Gasteiger partial charge < -0.3 is 24.2 Å². The van der Waals surface area contributed by atoms with Crippen molar-refractivity contribution in [3.05, 3.63) is 71.8 Å². The van der Waals surface area contributed by atoms with E-state index in [0.29, 0.717) is 13.0 Å². The molecule has 33 heavy (non-hydrogen) atoms. The van der Waals surface area contributed by atoms with Gasteiger partial charge in [-0.3, -0.25) is 4.57 Å². The van der Waals surface area contributed by atoms with Crippen molar-refractivity contribution in [2.75, 3.05) is 26.9 Å². The summed E-state index contributed by atoms with van der Waals surface area (Å²) in [5.74, 6) is 1.83. The maximum Gasteiger partial charge on any atom is 0.316 e. The quantitative estimate of drug-likeness (QED) is 0.225. The molecule has 0 radical (unpaired) electrons. The van der Waals surface area contributed by atoms with Crippen LogP contribution in [0.3, 0.4) is 0 Å². The number of fused-ring (bicyclic) bond motifs is 1. The number of unbranched alkanes of at least 4 members (excludes halogenated alkanes) is 2. The van der Waals surface area contributed by atoms with Crippen LogP contribution in [-0.4, -0.2) is 31.8 Å². The highest BCUT2D eigenvalue weighted by Crippen LogP contribution is 2.29. The molecule has 0 fully saturated rings. The monoisotopic (exact) mass is 471 g/mol. The molecule has 178 valence electrons. The Morgan fingerprint density at radius 3 is 2.58 bits per heavy atom. The average Bonchev–Trinajstić information content (AvgIpc) is 2.84. The zero-order valence-electron chi connectivity index (χ0n) is 19.2. The molecule has 0 amide bonds. The van der Waals surface area contributed by atoms with E-state index < -0.39 is 8.25 Å². The first-order valence-corrected chi connectivity index (χ1v) is 12.8. The van der Waals surface area contributed by atoms with Gasteiger partial charge in [-0.25, -0.2) is 0 Å². The molecule has 0 aliphatic rings. The molecule has 3 aromatic carbocycles. The molecule has 1 unspecified atom stereocenters. The van der Waals surface area contributed by atoms with Gasteiger partial charge in [0.15, 0.2) is 0 Å². The first kappa shape index (κ1) is 25.3. The predicted octanol–water partition coefficient (Wildman–Crippen LogP) is 5.52. The Morgan fingerprint density at radius 2 is 1.76 bits per heavy atom. The van der Waals surface area contributed by atoms with Crippen molar-refractivity contribution in [2.24, 2.45) is 0 Å². The second-order valence-corrected chi connectivity index (χ2v) is 8.74. The first-order valence-electron chi connectivity index (χ1n) is 11.5. The minimum atomic E-state index is -2.83. The van der Waals surface area contributed by atoms with Gasteiger partial charge >= 0.3 is 8.25 Å². The number of hydrogen-bond acceptors (Lipinski definition) is 5. The third-order valence-corrected chi connectivity index (χ3v) is 5.97. The lowest BCUT2D eigenvalue weighted by atomic mass is 10.0. The summed E-state index contributed by atoms with van der Waals surface area (Å²) in [7, 11) is -1.13. The summed E-state index contributed by atoms with van der Waals surface area (Å²) < 4.78 is 26.7. The SMILES string of the molecule is COc1cccc(CCCCCOc2ccc(CNCCCO[PH](=O)O)c3ccccc23)c1. The topological polar surface area (TPSA) is 77.0 Å². The Labute approximate surface area is 196 Å². The van der Waals surface area contributed by atoms with Crippen LogP contribution in [0, 0.1) is 0 Å². The van der Waals surface area contributed by atoms with Gasteiger partial charge in [0.2, 0.25) is 0 Å². The van der Waals surface area contributed by atoms with Gasteiger partial charge in [-0.1, -0.05) is 42.5 Å². The van der Waals surface area contributed by atoms with Crippen molar-refractivity contribution in [3.8, 4) is 11.5 Å². The van der Waals surface area contributed by atoms with Gasteiger partial charge in [-0.05, 0) is 73.4 Å². The zero-order valence-corrected chi connectivity index (χ0v) is 20.2. The third kappa shape index (κ3) is 8.49. The van der Waals surface area contributed by atoms with E-state index in [4.69, 9.17) is 18.9 Å². The van der Waals surface area contributed by atoms with Gasteiger partial charge in [0.1, 0.15) is 11.5 Å². The molecule has 3 aromatic rings. The van der Waals surface area contributed by atoms with Crippen LogP contribution in [0.5, 0.6) is 11.5 Å². The molecule has 0 aliphatic carbocycles. The number of ether oxygens (including phenoxy) is 2. The minimum absolute atomic E-state index is 0.286. The number of nitrogens with one attached hydrogen (secondary N) is 1. The molecule has 1 atom stereocenters. The highest BCUT2D eigenvalue weighted by Gasteiger charge is 2.07. The first-order chi connectivity index (χ1) is 16.2. The van der Waals surface area contributed by atoms with Crippen LogP contribution >= 0.6 is 8.25 Å². The van der Waals surface area contributed by atoms with Gasteiger partial charge in [0.25, 0.3) is 0 Å². The van der Waals surface area contributed by atoms with Crippen LogP contribution in [0.2, 0.25) is 0 Å². The van der Waals surface area contributed by atoms with E-state index in [9.17, 15) is 4.57 Å². The Morgan fingerprint density at radius 1 is 0.909 bits per heavy atom. The molecule has 0 saturated heterocycles. The van der Waals surface area contributed by atoms with Gasteiger partial charge in [-0.2, -0.15) is 0 Å². The lowest BCUT2D eigenvalue weighted by molar-refractivity contribution is 0.276.